The molecule has 0 aliphatic carbocycles. The lowest BCUT2D eigenvalue weighted by Crippen LogP contribution is -2.23. The second-order valence-corrected chi connectivity index (χ2v) is 5.92. The zero-order valence-corrected chi connectivity index (χ0v) is 14.5. The zero-order chi connectivity index (χ0) is 18.5. The van der Waals surface area contributed by atoms with Gasteiger partial charge in [0.2, 0.25) is 0 Å². The van der Waals surface area contributed by atoms with E-state index < -0.39 is 0 Å². The van der Waals surface area contributed by atoms with E-state index in [1.165, 1.54) is 4.68 Å². The van der Waals surface area contributed by atoms with Crippen LogP contribution in [0.5, 0.6) is 5.75 Å². The first-order chi connectivity index (χ1) is 13.3. The molecule has 27 heavy (non-hydrogen) atoms. The minimum Gasteiger partial charge on any atom is -0.486 e. The molecule has 3 aromatic carbocycles. The van der Waals surface area contributed by atoms with Crippen molar-refractivity contribution in [3.05, 3.63) is 107 Å². The SMILES string of the molecule is O=c1c2ccccc2nc(COc2ccccc2)n1N=Cc1ccccc1. The molecule has 5 nitrogen and oxygen atoms in total. The highest BCUT2D eigenvalue weighted by molar-refractivity contribution is 5.80. The predicted octanol–water partition coefficient (Wildman–Crippen LogP) is 3.86. The fourth-order valence-electron chi connectivity index (χ4n) is 2.71. The van der Waals surface area contributed by atoms with E-state index in [0.29, 0.717) is 22.5 Å². The van der Waals surface area contributed by atoms with Crippen molar-refractivity contribution in [3.63, 3.8) is 0 Å². The Morgan fingerprint density at radius 3 is 2.33 bits per heavy atom. The molecular formula is C22H17N3O2. The van der Waals surface area contributed by atoms with Gasteiger partial charge in [0.15, 0.2) is 5.82 Å². The Balaban J connectivity index is 1.75. The predicted molar refractivity (Wildman–Crippen MR) is 106 cm³/mol. The van der Waals surface area contributed by atoms with Crippen LogP contribution in [0.2, 0.25) is 0 Å². The molecule has 0 atom stereocenters. The average molecular weight is 355 g/mol. The summed E-state index contributed by atoms with van der Waals surface area (Å²) in [5, 5.41) is 4.89. The van der Waals surface area contributed by atoms with Gasteiger partial charge in [-0.15, -0.1) is 0 Å². The molecule has 1 heterocycles. The summed E-state index contributed by atoms with van der Waals surface area (Å²) in [6.07, 6.45) is 1.64. The monoisotopic (exact) mass is 355 g/mol. The Morgan fingerprint density at radius 1 is 0.889 bits per heavy atom. The molecule has 132 valence electrons. The molecule has 1 aromatic heterocycles. The third-order valence-corrected chi connectivity index (χ3v) is 4.05. The molecule has 0 bridgehead atoms. The number of aromatic nitrogens is 2. The minimum atomic E-state index is -0.223. The van der Waals surface area contributed by atoms with Gasteiger partial charge in [0.1, 0.15) is 12.4 Å². The molecule has 0 fully saturated rings. The van der Waals surface area contributed by atoms with E-state index in [1.54, 1.807) is 12.3 Å². The van der Waals surface area contributed by atoms with Gasteiger partial charge in [0.05, 0.1) is 17.1 Å². The Kier molecular flexibility index (Phi) is 4.74. The second kappa shape index (κ2) is 7.66. The van der Waals surface area contributed by atoms with Crippen LogP contribution in [0.3, 0.4) is 0 Å². The Labute approximate surface area is 156 Å². The third kappa shape index (κ3) is 3.77. The molecule has 0 radical (unpaired) electrons. The molecule has 0 N–H and O–H groups in total. The van der Waals surface area contributed by atoms with Crippen molar-refractivity contribution in [1.29, 1.82) is 0 Å². The molecule has 0 saturated carbocycles. The van der Waals surface area contributed by atoms with Gasteiger partial charge in [-0.25, -0.2) is 4.98 Å². The first kappa shape index (κ1) is 16.7. The maximum Gasteiger partial charge on any atom is 0.282 e. The number of hydrogen-bond acceptors (Lipinski definition) is 4. The van der Waals surface area contributed by atoms with Crippen LogP contribution in [-0.4, -0.2) is 15.9 Å². The van der Waals surface area contributed by atoms with Gasteiger partial charge < -0.3 is 4.74 Å². The van der Waals surface area contributed by atoms with E-state index in [0.717, 1.165) is 5.56 Å². The molecule has 4 aromatic rings. The highest BCUT2D eigenvalue weighted by Crippen LogP contribution is 2.13. The van der Waals surface area contributed by atoms with Gasteiger partial charge in [-0.3, -0.25) is 4.79 Å². The summed E-state index contributed by atoms with van der Waals surface area (Å²) in [6.45, 7) is 0.135. The van der Waals surface area contributed by atoms with Gasteiger partial charge in [0, 0.05) is 0 Å². The van der Waals surface area contributed by atoms with E-state index in [2.05, 4.69) is 10.1 Å². The largest absolute Gasteiger partial charge is 0.486 e. The van der Waals surface area contributed by atoms with Crippen LogP contribution in [-0.2, 0) is 6.61 Å². The summed E-state index contributed by atoms with van der Waals surface area (Å²) in [5.41, 5.74) is 1.30. The number of fused-ring (bicyclic) bond motifs is 1. The minimum absolute atomic E-state index is 0.135. The summed E-state index contributed by atoms with van der Waals surface area (Å²) >= 11 is 0. The molecular weight excluding hydrogens is 338 g/mol. The van der Waals surface area contributed by atoms with Crippen LogP contribution in [0.1, 0.15) is 11.4 Å². The van der Waals surface area contributed by atoms with Crippen LogP contribution in [0.15, 0.2) is 94.8 Å². The molecule has 0 aliphatic rings. The third-order valence-electron chi connectivity index (χ3n) is 4.05. The lowest BCUT2D eigenvalue weighted by Gasteiger charge is -2.10. The number of para-hydroxylation sites is 2. The van der Waals surface area contributed by atoms with Crippen LogP contribution in [0, 0.1) is 0 Å². The van der Waals surface area contributed by atoms with Crippen molar-refractivity contribution in [2.75, 3.05) is 0 Å². The molecule has 0 saturated heterocycles. The topological polar surface area (TPSA) is 56.5 Å². The highest BCUT2D eigenvalue weighted by Gasteiger charge is 2.11. The van der Waals surface area contributed by atoms with Crippen molar-refractivity contribution in [1.82, 2.24) is 9.66 Å². The van der Waals surface area contributed by atoms with E-state index >= 15 is 0 Å². The molecule has 0 spiro atoms. The van der Waals surface area contributed by atoms with Crippen molar-refractivity contribution in [2.45, 2.75) is 6.61 Å². The Morgan fingerprint density at radius 2 is 1.56 bits per heavy atom. The average Bonchev–Trinajstić information content (AvgIpc) is 2.73. The lowest BCUT2D eigenvalue weighted by atomic mass is 10.2. The Hall–Kier alpha value is -3.73. The molecule has 4 rings (SSSR count). The van der Waals surface area contributed by atoms with Gasteiger partial charge in [0.25, 0.3) is 5.56 Å². The molecule has 5 heteroatoms. The normalized spacial score (nSPS) is 11.1. The number of rotatable bonds is 5. The second-order valence-electron chi connectivity index (χ2n) is 5.92. The van der Waals surface area contributed by atoms with E-state index in [1.807, 2.05) is 78.9 Å². The zero-order valence-electron chi connectivity index (χ0n) is 14.5. The van der Waals surface area contributed by atoms with Crippen LogP contribution in [0.25, 0.3) is 10.9 Å². The lowest BCUT2D eigenvalue weighted by molar-refractivity contribution is 0.289. The molecule has 0 amide bonds. The van der Waals surface area contributed by atoms with Crippen LogP contribution >= 0.6 is 0 Å². The van der Waals surface area contributed by atoms with E-state index in [9.17, 15) is 4.79 Å². The number of nitrogens with zero attached hydrogens (tertiary/aromatic N) is 3. The fraction of sp³-hybridized carbons (Fsp3) is 0.0455. The number of hydrogen-bond donors (Lipinski definition) is 0. The number of ether oxygens (including phenoxy) is 1. The van der Waals surface area contributed by atoms with Gasteiger partial charge in [-0.05, 0) is 29.8 Å². The van der Waals surface area contributed by atoms with Gasteiger partial charge in [-0.1, -0.05) is 60.7 Å². The molecule has 0 unspecified atom stereocenters. The summed E-state index contributed by atoms with van der Waals surface area (Å²) in [5.74, 6) is 1.15. The van der Waals surface area contributed by atoms with Crippen molar-refractivity contribution in [3.8, 4) is 5.75 Å². The maximum absolute atomic E-state index is 12.9. The maximum atomic E-state index is 12.9. The van der Waals surface area contributed by atoms with Gasteiger partial charge >= 0.3 is 0 Å². The van der Waals surface area contributed by atoms with E-state index in [4.69, 9.17) is 4.74 Å². The number of benzene rings is 3. The fourth-order valence-corrected chi connectivity index (χ4v) is 2.71. The Bertz CT molecular complexity index is 1140. The summed E-state index contributed by atoms with van der Waals surface area (Å²) in [4.78, 5) is 17.5. The van der Waals surface area contributed by atoms with Crippen LogP contribution < -0.4 is 10.3 Å². The smallest absolute Gasteiger partial charge is 0.282 e. The van der Waals surface area contributed by atoms with Crippen molar-refractivity contribution < 1.29 is 4.74 Å². The summed E-state index contributed by atoms with van der Waals surface area (Å²) < 4.78 is 7.10. The quantitative estimate of drug-likeness (QED) is 0.511. The highest BCUT2D eigenvalue weighted by atomic mass is 16.5. The summed E-state index contributed by atoms with van der Waals surface area (Å²) in [7, 11) is 0. The standard InChI is InChI=1S/C22H17N3O2/c26-22-19-13-7-8-14-20(19)24-21(16-27-18-11-5-2-6-12-18)25(22)23-15-17-9-3-1-4-10-17/h1-15H,16H2. The first-order valence-corrected chi connectivity index (χ1v) is 8.59. The van der Waals surface area contributed by atoms with Gasteiger partial charge in [-0.2, -0.15) is 9.78 Å². The van der Waals surface area contributed by atoms with Crippen LogP contribution in [0.4, 0.5) is 0 Å². The summed E-state index contributed by atoms with van der Waals surface area (Å²) in [6, 6.07) is 26.3. The molecule has 0 aliphatic heterocycles. The van der Waals surface area contributed by atoms with Crippen molar-refractivity contribution >= 4 is 17.1 Å². The van der Waals surface area contributed by atoms with Crippen molar-refractivity contribution in [2.24, 2.45) is 5.10 Å². The first-order valence-electron chi connectivity index (χ1n) is 8.59. The van der Waals surface area contributed by atoms with E-state index in [-0.39, 0.29) is 12.2 Å².